The van der Waals surface area contributed by atoms with Crippen LogP contribution >= 0.6 is 0 Å². The summed E-state index contributed by atoms with van der Waals surface area (Å²) < 4.78 is 11.6. The molecule has 1 fully saturated rings. The molecular formula is C26H34N4O2. The number of para-hydroxylation sites is 2. The highest BCUT2D eigenvalue weighted by Crippen LogP contribution is 2.28. The summed E-state index contributed by atoms with van der Waals surface area (Å²) in [5.41, 5.74) is 3.30. The van der Waals surface area contributed by atoms with Gasteiger partial charge in [-0.3, -0.25) is 4.90 Å². The van der Waals surface area contributed by atoms with Crippen molar-refractivity contribution >= 4 is 5.69 Å². The second kappa shape index (κ2) is 11.2. The van der Waals surface area contributed by atoms with E-state index in [4.69, 9.17) is 14.1 Å². The summed E-state index contributed by atoms with van der Waals surface area (Å²) in [5, 5.41) is 3.51. The summed E-state index contributed by atoms with van der Waals surface area (Å²) in [4.78, 5) is 9.70. The van der Waals surface area contributed by atoms with Crippen LogP contribution < -0.4 is 15.0 Å². The molecule has 0 spiro atoms. The van der Waals surface area contributed by atoms with Crippen molar-refractivity contribution in [3.05, 3.63) is 66.2 Å². The predicted octanol–water partition coefficient (Wildman–Crippen LogP) is 4.21. The van der Waals surface area contributed by atoms with Gasteiger partial charge < -0.3 is 19.4 Å². The third-order valence-corrected chi connectivity index (χ3v) is 5.95. The zero-order chi connectivity index (χ0) is 22.2. The third-order valence-electron chi connectivity index (χ3n) is 5.95. The van der Waals surface area contributed by atoms with Gasteiger partial charge in [0.1, 0.15) is 17.2 Å². The molecule has 1 aromatic heterocycles. The van der Waals surface area contributed by atoms with Crippen molar-refractivity contribution in [2.45, 2.75) is 26.3 Å². The van der Waals surface area contributed by atoms with E-state index in [9.17, 15) is 0 Å². The highest BCUT2D eigenvalue weighted by molar-refractivity contribution is 5.61. The number of oxazole rings is 1. The maximum Gasteiger partial charge on any atom is 0.208 e. The molecule has 1 saturated heterocycles. The van der Waals surface area contributed by atoms with Gasteiger partial charge in [0, 0.05) is 51.3 Å². The van der Waals surface area contributed by atoms with Gasteiger partial charge in [-0.1, -0.05) is 49.4 Å². The fourth-order valence-electron chi connectivity index (χ4n) is 4.23. The van der Waals surface area contributed by atoms with Gasteiger partial charge in [0.05, 0.1) is 19.3 Å². The van der Waals surface area contributed by atoms with Crippen molar-refractivity contribution in [1.82, 2.24) is 15.2 Å². The number of benzene rings is 2. The molecule has 0 atom stereocenters. The Bertz CT molecular complexity index is 965. The number of piperazine rings is 1. The maximum atomic E-state index is 6.08. The molecule has 2 heterocycles. The van der Waals surface area contributed by atoms with Crippen LogP contribution in [0.1, 0.15) is 25.0 Å². The minimum absolute atomic E-state index is 0.657. The molecule has 2 aromatic carbocycles. The Kier molecular flexibility index (Phi) is 7.80. The summed E-state index contributed by atoms with van der Waals surface area (Å²) in [6.45, 7) is 8.90. The van der Waals surface area contributed by atoms with E-state index in [-0.39, 0.29) is 0 Å². The zero-order valence-electron chi connectivity index (χ0n) is 19.2. The van der Waals surface area contributed by atoms with E-state index in [1.54, 1.807) is 7.11 Å². The number of aromatic nitrogens is 1. The molecule has 1 aliphatic heterocycles. The lowest BCUT2D eigenvalue weighted by atomic mass is 10.1. The van der Waals surface area contributed by atoms with Gasteiger partial charge in [0.15, 0.2) is 0 Å². The Morgan fingerprint density at radius 3 is 2.50 bits per heavy atom. The lowest BCUT2D eigenvalue weighted by Crippen LogP contribution is -2.48. The molecule has 0 saturated carbocycles. The number of ether oxygens (including phenoxy) is 1. The van der Waals surface area contributed by atoms with Crippen LogP contribution in [0.3, 0.4) is 0 Å². The average Bonchev–Trinajstić information content (AvgIpc) is 3.25. The van der Waals surface area contributed by atoms with Gasteiger partial charge >= 0.3 is 0 Å². The Morgan fingerprint density at radius 1 is 1.00 bits per heavy atom. The minimum Gasteiger partial charge on any atom is -0.495 e. The van der Waals surface area contributed by atoms with Crippen molar-refractivity contribution in [3.8, 4) is 17.0 Å². The Hall–Kier alpha value is -2.83. The van der Waals surface area contributed by atoms with Gasteiger partial charge in [-0.05, 0) is 18.6 Å². The number of hydrogen-bond donors (Lipinski definition) is 1. The van der Waals surface area contributed by atoms with Crippen LogP contribution in [0.4, 0.5) is 5.69 Å². The molecule has 6 nitrogen and oxygen atoms in total. The first-order chi connectivity index (χ1) is 15.8. The van der Waals surface area contributed by atoms with Crippen LogP contribution in [0, 0.1) is 0 Å². The molecule has 0 radical (unpaired) electrons. The summed E-state index contributed by atoms with van der Waals surface area (Å²) in [5.74, 6) is 2.71. The molecule has 6 heteroatoms. The Morgan fingerprint density at radius 2 is 1.75 bits per heavy atom. The van der Waals surface area contributed by atoms with Crippen LogP contribution in [0.15, 0.2) is 59.0 Å². The molecule has 4 rings (SSSR count). The van der Waals surface area contributed by atoms with Gasteiger partial charge in [-0.2, -0.15) is 0 Å². The molecule has 170 valence electrons. The van der Waals surface area contributed by atoms with E-state index in [0.717, 1.165) is 80.8 Å². The molecular weight excluding hydrogens is 400 g/mol. The highest BCUT2D eigenvalue weighted by atomic mass is 16.5. The number of rotatable bonds is 10. The first-order valence-electron chi connectivity index (χ1n) is 11.6. The van der Waals surface area contributed by atoms with Gasteiger partial charge in [0.2, 0.25) is 5.89 Å². The SMILES string of the molecule is CCCc1oc(CNCCN2CCN(c3ccccc3OC)CC2)nc1-c1ccccc1. The summed E-state index contributed by atoms with van der Waals surface area (Å²) >= 11 is 0. The first kappa shape index (κ1) is 22.4. The molecule has 32 heavy (non-hydrogen) atoms. The second-order valence-electron chi connectivity index (χ2n) is 8.17. The van der Waals surface area contributed by atoms with E-state index in [2.05, 4.69) is 46.3 Å². The lowest BCUT2D eigenvalue weighted by molar-refractivity contribution is 0.255. The molecule has 0 unspecified atom stereocenters. The van der Waals surface area contributed by atoms with E-state index < -0.39 is 0 Å². The summed E-state index contributed by atoms with van der Waals surface area (Å²) in [6, 6.07) is 18.6. The fourth-order valence-corrected chi connectivity index (χ4v) is 4.23. The lowest BCUT2D eigenvalue weighted by Gasteiger charge is -2.36. The minimum atomic E-state index is 0.657. The zero-order valence-corrected chi connectivity index (χ0v) is 19.2. The first-order valence-corrected chi connectivity index (χ1v) is 11.6. The van der Waals surface area contributed by atoms with Crippen molar-refractivity contribution in [1.29, 1.82) is 0 Å². The van der Waals surface area contributed by atoms with Crippen molar-refractivity contribution in [2.24, 2.45) is 0 Å². The number of anilines is 1. The molecule has 0 amide bonds. The molecule has 1 N–H and O–H groups in total. The topological polar surface area (TPSA) is 53.8 Å². The fraction of sp³-hybridized carbons (Fsp3) is 0.423. The Labute approximate surface area is 191 Å². The van der Waals surface area contributed by atoms with Crippen LogP contribution in [0.5, 0.6) is 5.75 Å². The maximum absolute atomic E-state index is 6.08. The summed E-state index contributed by atoms with van der Waals surface area (Å²) in [6.07, 6.45) is 1.95. The number of aryl methyl sites for hydroxylation is 1. The summed E-state index contributed by atoms with van der Waals surface area (Å²) in [7, 11) is 1.74. The largest absolute Gasteiger partial charge is 0.495 e. The molecule has 3 aromatic rings. The van der Waals surface area contributed by atoms with Crippen LogP contribution in [0.25, 0.3) is 11.3 Å². The van der Waals surface area contributed by atoms with E-state index in [1.807, 2.05) is 30.3 Å². The third kappa shape index (κ3) is 5.50. The number of hydrogen-bond acceptors (Lipinski definition) is 6. The van der Waals surface area contributed by atoms with Gasteiger partial charge in [0.25, 0.3) is 0 Å². The normalized spacial score (nSPS) is 14.6. The number of nitrogens with one attached hydrogen (secondary N) is 1. The predicted molar refractivity (Wildman–Crippen MR) is 129 cm³/mol. The van der Waals surface area contributed by atoms with Crippen LogP contribution in [-0.2, 0) is 13.0 Å². The van der Waals surface area contributed by atoms with Gasteiger partial charge in [-0.25, -0.2) is 4.98 Å². The Balaban J connectivity index is 1.24. The van der Waals surface area contributed by atoms with E-state index >= 15 is 0 Å². The van der Waals surface area contributed by atoms with Crippen molar-refractivity contribution in [3.63, 3.8) is 0 Å². The monoisotopic (exact) mass is 434 g/mol. The van der Waals surface area contributed by atoms with Crippen molar-refractivity contribution in [2.75, 3.05) is 51.3 Å². The smallest absolute Gasteiger partial charge is 0.208 e. The van der Waals surface area contributed by atoms with Crippen molar-refractivity contribution < 1.29 is 9.15 Å². The number of nitrogens with zero attached hydrogens (tertiary/aromatic N) is 3. The molecule has 0 bridgehead atoms. The van der Waals surface area contributed by atoms with Gasteiger partial charge in [-0.15, -0.1) is 0 Å². The molecule has 0 aliphatic carbocycles. The molecule has 1 aliphatic rings. The van der Waals surface area contributed by atoms with Crippen LogP contribution in [-0.4, -0.2) is 56.3 Å². The quantitative estimate of drug-likeness (QED) is 0.483. The highest BCUT2D eigenvalue weighted by Gasteiger charge is 2.19. The van der Waals surface area contributed by atoms with E-state index in [0.29, 0.717) is 6.54 Å². The average molecular weight is 435 g/mol. The van der Waals surface area contributed by atoms with E-state index in [1.165, 1.54) is 5.69 Å². The second-order valence-corrected chi connectivity index (χ2v) is 8.17. The van der Waals surface area contributed by atoms with Crippen LogP contribution in [0.2, 0.25) is 0 Å². The number of methoxy groups -OCH3 is 1. The standard InChI is InChI=1S/C26H34N4O2/c1-3-9-24-26(21-10-5-4-6-11-21)28-25(32-24)20-27-14-15-29-16-18-30(19-17-29)22-12-7-8-13-23(22)31-2/h4-8,10-13,27H,3,9,14-20H2,1-2H3.